The third-order valence-electron chi connectivity index (χ3n) is 7.92. The molecule has 2 saturated carbocycles. The lowest BCUT2D eigenvalue weighted by atomic mass is 9.91. The normalized spacial score (nSPS) is 25.2. The second kappa shape index (κ2) is 10.9. The Hall–Kier alpha value is -1.74. The van der Waals surface area contributed by atoms with Crippen LogP contribution in [0.25, 0.3) is 11.1 Å². The molecule has 2 aromatic rings. The Morgan fingerprint density at radius 2 is 0.917 bits per heavy atom. The molecule has 0 amide bonds. The molecule has 4 atom stereocenters. The molecule has 36 heavy (non-hydrogen) atoms. The van der Waals surface area contributed by atoms with Crippen LogP contribution >= 0.6 is 0 Å². The number of benzene rings is 2. The summed E-state index contributed by atoms with van der Waals surface area (Å²) in [5.74, 6) is 0.396. The van der Waals surface area contributed by atoms with E-state index in [9.17, 15) is 16.8 Å². The molecule has 2 aromatic carbocycles. The molecule has 4 rings (SSSR count). The van der Waals surface area contributed by atoms with Crippen LogP contribution in [0.15, 0.2) is 48.5 Å². The van der Waals surface area contributed by atoms with Gasteiger partial charge < -0.3 is 0 Å². The van der Waals surface area contributed by atoms with E-state index in [0.717, 1.165) is 49.7 Å². The zero-order chi connectivity index (χ0) is 26.1. The fraction of sp³-hybridized carbons (Fsp3) is 0.571. The van der Waals surface area contributed by atoms with E-state index in [2.05, 4.69) is 58.0 Å². The molecule has 0 heterocycles. The van der Waals surface area contributed by atoms with Gasteiger partial charge in [-0.25, -0.2) is 26.3 Å². The Morgan fingerprint density at radius 1 is 0.583 bits per heavy atom. The lowest BCUT2D eigenvalue weighted by Gasteiger charge is -2.23. The fourth-order valence-corrected chi connectivity index (χ4v) is 7.49. The molecule has 0 aromatic heterocycles. The molecule has 6 nitrogen and oxygen atoms in total. The van der Waals surface area contributed by atoms with E-state index >= 15 is 0 Å². The summed E-state index contributed by atoms with van der Waals surface area (Å²) in [6.07, 6.45) is 5.76. The van der Waals surface area contributed by atoms with Crippen LogP contribution in [0.4, 0.5) is 0 Å². The zero-order valence-electron chi connectivity index (χ0n) is 21.8. The van der Waals surface area contributed by atoms with Crippen molar-refractivity contribution in [3.63, 3.8) is 0 Å². The first kappa shape index (κ1) is 27.3. The van der Waals surface area contributed by atoms with Crippen molar-refractivity contribution >= 4 is 20.0 Å². The molecule has 0 bridgehead atoms. The highest BCUT2D eigenvalue weighted by Crippen LogP contribution is 2.38. The smallest absolute Gasteiger partial charge is 0.212 e. The van der Waals surface area contributed by atoms with Crippen LogP contribution in [-0.2, 0) is 20.0 Å². The van der Waals surface area contributed by atoms with E-state index < -0.39 is 30.5 Å². The molecule has 8 heteroatoms. The van der Waals surface area contributed by atoms with Gasteiger partial charge in [-0.1, -0.05) is 61.4 Å². The molecule has 198 valence electrons. The van der Waals surface area contributed by atoms with Crippen LogP contribution in [0.3, 0.4) is 0 Å². The summed E-state index contributed by atoms with van der Waals surface area (Å²) in [5, 5.41) is -0.863. The molecule has 0 radical (unpaired) electrons. The quantitative estimate of drug-likeness (QED) is 0.460. The number of hydrogen-bond donors (Lipinski definition) is 2. The van der Waals surface area contributed by atoms with E-state index in [1.165, 1.54) is 11.1 Å². The van der Waals surface area contributed by atoms with Crippen LogP contribution in [0.1, 0.15) is 89.2 Å². The van der Waals surface area contributed by atoms with Gasteiger partial charge in [0.1, 0.15) is 0 Å². The molecule has 0 saturated heterocycles. The van der Waals surface area contributed by atoms with Gasteiger partial charge in [-0.05, 0) is 75.6 Å². The van der Waals surface area contributed by atoms with Crippen LogP contribution in [0, 0.1) is 0 Å². The largest absolute Gasteiger partial charge is 0.214 e. The van der Waals surface area contributed by atoms with Crippen LogP contribution in [0.2, 0.25) is 0 Å². The zero-order valence-corrected chi connectivity index (χ0v) is 23.4. The Labute approximate surface area is 217 Å². The Balaban J connectivity index is 1.45. The second-order valence-electron chi connectivity index (χ2n) is 11.0. The lowest BCUT2D eigenvalue weighted by Crippen LogP contribution is -2.40. The maximum Gasteiger partial charge on any atom is 0.214 e. The van der Waals surface area contributed by atoms with E-state index in [0.29, 0.717) is 0 Å². The molecule has 0 aliphatic heterocycles. The SMILES string of the molecule is CC(C)S(=O)(=O)N[C@H]1CCC[C@@H]1c1ccc(-c2ccc([C@@H]3CCC[C@H]3NS(=O)(=O)C(C)C)cc2)cc1. The maximum absolute atomic E-state index is 12.4. The first-order chi connectivity index (χ1) is 17.0. The summed E-state index contributed by atoms with van der Waals surface area (Å²) in [6, 6.07) is 16.9. The van der Waals surface area contributed by atoms with Crippen molar-refractivity contribution in [2.45, 2.75) is 101 Å². The first-order valence-corrected chi connectivity index (χ1v) is 16.3. The number of rotatable bonds is 9. The van der Waals surface area contributed by atoms with Crippen LogP contribution < -0.4 is 9.44 Å². The summed E-state index contributed by atoms with van der Waals surface area (Å²) in [6.45, 7) is 6.85. The second-order valence-corrected chi connectivity index (χ2v) is 15.5. The third-order valence-corrected chi connectivity index (χ3v) is 11.7. The molecule has 0 spiro atoms. The van der Waals surface area contributed by atoms with Gasteiger partial charge in [0.05, 0.1) is 10.5 Å². The standard InChI is InChI=1S/C28H40N2O4S2/c1-19(2)35(31,32)29-27-9-5-7-25(27)23-15-11-21(12-16-23)22-13-17-24(18-14-22)26-8-6-10-28(26)30-36(33,34)20(3)4/h11-20,25-30H,5-10H2,1-4H3/t25-,26+,27+,28-. The van der Waals surface area contributed by atoms with Crippen LogP contribution in [0.5, 0.6) is 0 Å². The minimum absolute atomic E-state index is 0.0463. The summed E-state index contributed by atoms with van der Waals surface area (Å²) >= 11 is 0. The van der Waals surface area contributed by atoms with Gasteiger partial charge in [-0.15, -0.1) is 0 Å². The van der Waals surface area contributed by atoms with Crippen molar-refractivity contribution < 1.29 is 16.8 Å². The molecule has 2 aliphatic rings. The highest BCUT2D eigenvalue weighted by atomic mass is 32.2. The predicted molar refractivity (Wildman–Crippen MR) is 147 cm³/mol. The van der Waals surface area contributed by atoms with Gasteiger partial charge in [0.15, 0.2) is 0 Å². The van der Waals surface area contributed by atoms with Crippen molar-refractivity contribution in [3.8, 4) is 11.1 Å². The van der Waals surface area contributed by atoms with E-state index in [4.69, 9.17) is 0 Å². The van der Waals surface area contributed by atoms with Crippen LogP contribution in [-0.4, -0.2) is 39.4 Å². The van der Waals surface area contributed by atoms with Crippen molar-refractivity contribution in [2.24, 2.45) is 0 Å². The highest BCUT2D eigenvalue weighted by Gasteiger charge is 2.34. The fourth-order valence-electron chi connectivity index (χ4n) is 5.54. The van der Waals surface area contributed by atoms with Gasteiger partial charge in [0.2, 0.25) is 20.0 Å². The van der Waals surface area contributed by atoms with Gasteiger partial charge in [0, 0.05) is 23.9 Å². The lowest BCUT2D eigenvalue weighted by molar-refractivity contribution is 0.518. The summed E-state index contributed by atoms with van der Waals surface area (Å²) in [4.78, 5) is 0. The Morgan fingerprint density at radius 3 is 1.22 bits per heavy atom. The topological polar surface area (TPSA) is 92.3 Å². The molecule has 2 fully saturated rings. The number of hydrogen-bond acceptors (Lipinski definition) is 4. The Kier molecular flexibility index (Phi) is 8.29. The average Bonchev–Trinajstić information content (AvgIpc) is 3.48. The van der Waals surface area contributed by atoms with Gasteiger partial charge in [0.25, 0.3) is 0 Å². The van der Waals surface area contributed by atoms with Gasteiger partial charge in [-0.2, -0.15) is 0 Å². The maximum atomic E-state index is 12.4. The van der Waals surface area contributed by atoms with Crippen molar-refractivity contribution in [3.05, 3.63) is 59.7 Å². The van der Waals surface area contributed by atoms with Crippen molar-refractivity contribution in [1.29, 1.82) is 0 Å². The van der Waals surface area contributed by atoms with Gasteiger partial charge in [-0.3, -0.25) is 0 Å². The summed E-state index contributed by atoms with van der Waals surface area (Å²) < 4.78 is 55.5. The Bertz CT molecular complexity index is 1140. The summed E-state index contributed by atoms with van der Waals surface area (Å²) in [5.41, 5.74) is 4.59. The molecule has 2 aliphatic carbocycles. The minimum Gasteiger partial charge on any atom is -0.212 e. The van der Waals surface area contributed by atoms with E-state index in [-0.39, 0.29) is 23.9 Å². The first-order valence-electron chi connectivity index (χ1n) is 13.2. The molecule has 2 N–H and O–H groups in total. The third kappa shape index (κ3) is 6.04. The van der Waals surface area contributed by atoms with Crippen molar-refractivity contribution in [1.82, 2.24) is 9.44 Å². The van der Waals surface area contributed by atoms with Crippen molar-refractivity contribution in [2.75, 3.05) is 0 Å². The molecular formula is C28H40N2O4S2. The minimum atomic E-state index is -3.29. The van der Waals surface area contributed by atoms with E-state index in [1.54, 1.807) is 27.7 Å². The molecule has 0 unspecified atom stereocenters. The number of nitrogens with one attached hydrogen (secondary N) is 2. The van der Waals surface area contributed by atoms with Gasteiger partial charge >= 0.3 is 0 Å². The number of sulfonamides is 2. The summed E-state index contributed by atoms with van der Waals surface area (Å²) in [7, 11) is -6.58. The highest BCUT2D eigenvalue weighted by molar-refractivity contribution is 7.90. The average molecular weight is 533 g/mol. The molecular weight excluding hydrogens is 492 g/mol. The van der Waals surface area contributed by atoms with E-state index in [1.807, 2.05) is 0 Å². The monoisotopic (exact) mass is 532 g/mol. The predicted octanol–water partition coefficient (Wildman–Crippen LogP) is 5.28.